The minimum Gasteiger partial charge on any atom is -0.495 e. The Bertz CT molecular complexity index is 727. The van der Waals surface area contributed by atoms with E-state index in [2.05, 4.69) is 5.32 Å². The SMILES string of the molecule is COC(=O)c1cccc(Nc2ccccc2OC)c1C(=O)OC. The number of ether oxygens (including phenoxy) is 3. The van der Waals surface area contributed by atoms with Crippen LogP contribution in [0.5, 0.6) is 5.75 Å². The van der Waals surface area contributed by atoms with Crippen LogP contribution in [0.15, 0.2) is 42.5 Å². The first-order valence-electron chi connectivity index (χ1n) is 6.82. The third kappa shape index (κ3) is 3.42. The largest absolute Gasteiger partial charge is 0.495 e. The summed E-state index contributed by atoms with van der Waals surface area (Å²) >= 11 is 0. The Labute approximate surface area is 134 Å². The van der Waals surface area contributed by atoms with E-state index < -0.39 is 11.9 Å². The second kappa shape index (κ2) is 7.31. The first kappa shape index (κ1) is 16.4. The molecule has 0 amide bonds. The van der Waals surface area contributed by atoms with Crippen LogP contribution in [0, 0.1) is 0 Å². The molecule has 0 aromatic heterocycles. The molecule has 0 saturated carbocycles. The molecular weight excluding hydrogens is 298 g/mol. The van der Waals surface area contributed by atoms with Gasteiger partial charge in [0.1, 0.15) is 5.75 Å². The van der Waals surface area contributed by atoms with E-state index in [1.165, 1.54) is 20.3 Å². The van der Waals surface area contributed by atoms with E-state index in [1.807, 2.05) is 12.1 Å². The minimum absolute atomic E-state index is 0.104. The standard InChI is InChI=1S/C17H17NO5/c1-21-14-10-5-4-8-12(14)18-13-9-6-7-11(16(19)22-2)15(13)17(20)23-3/h4-10,18H,1-3H3. The molecule has 0 heterocycles. The van der Waals surface area contributed by atoms with Gasteiger partial charge in [0.2, 0.25) is 0 Å². The number of anilines is 2. The minimum atomic E-state index is -0.636. The summed E-state index contributed by atoms with van der Waals surface area (Å²) in [4.78, 5) is 24.0. The van der Waals surface area contributed by atoms with Gasteiger partial charge in [-0.3, -0.25) is 0 Å². The van der Waals surface area contributed by atoms with Crippen LogP contribution >= 0.6 is 0 Å². The van der Waals surface area contributed by atoms with E-state index in [0.29, 0.717) is 17.1 Å². The first-order chi connectivity index (χ1) is 11.1. The van der Waals surface area contributed by atoms with E-state index in [9.17, 15) is 9.59 Å². The van der Waals surface area contributed by atoms with Crippen molar-refractivity contribution in [1.29, 1.82) is 0 Å². The van der Waals surface area contributed by atoms with Gasteiger partial charge in [-0.2, -0.15) is 0 Å². The molecule has 0 saturated heterocycles. The highest BCUT2D eigenvalue weighted by molar-refractivity contribution is 6.07. The van der Waals surface area contributed by atoms with Crippen LogP contribution in [0.2, 0.25) is 0 Å². The Kier molecular flexibility index (Phi) is 5.19. The van der Waals surface area contributed by atoms with Gasteiger partial charge in [-0.1, -0.05) is 18.2 Å². The number of carbonyl (C=O) groups excluding carboxylic acids is 2. The van der Waals surface area contributed by atoms with Gasteiger partial charge in [-0.15, -0.1) is 0 Å². The van der Waals surface area contributed by atoms with Crippen LogP contribution in [-0.4, -0.2) is 33.3 Å². The molecule has 0 aliphatic rings. The number of carbonyl (C=O) groups is 2. The topological polar surface area (TPSA) is 73.9 Å². The molecule has 2 rings (SSSR count). The van der Waals surface area contributed by atoms with Crippen molar-refractivity contribution in [3.63, 3.8) is 0 Å². The lowest BCUT2D eigenvalue weighted by atomic mass is 10.0. The van der Waals surface area contributed by atoms with E-state index >= 15 is 0 Å². The molecule has 0 atom stereocenters. The van der Waals surface area contributed by atoms with Crippen LogP contribution in [0.25, 0.3) is 0 Å². The van der Waals surface area contributed by atoms with Crippen molar-refractivity contribution in [2.75, 3.05) is 26.6 Å². The van der Waals surface area contributed by atoms with E-state index in [1.54, 1.807) is 31.4 Å². The summed E-state index contributed by atoms with van der Waals surface area (Å²) in [5, 5.41) is 3.09. The van der Waals surface area contributed by atoms with E-state index in [4.69, 9.17) is 14.2 Å². The predicted molar refractivity (Wildman–Crippen MR) is 85.4 cm³/mol. The highest BCUT2D eigenvalue weighted by Gasteiger charge is 2.22. The zero-order valence-electron chi connectivity index (χ0n) is 13.1. The zero-order chi connectivity index (χ0) is 16.8. The third-order valence-corrected chi connectivity index (χ3v) is 3.24. The van der Waals surface area contributed by atoms with Crippen molar-refractivity contribution in [2.45, 2.75) is 0 Å². The van der Waals surface area contributed by atoms with Gasteiger partial charge in [0.25, 0.3) is 0 Å². The maximum absolute atomic E-state index is 12.1. The number of hydrogen-bond acceptors (Lipinski definition) is 6. The highest BCUT2D eigenvalue weighted by atomic mass is 16.5. The van der Waals surface area contributed by atoms with Crippen LogP contribution in [0.4, 0.5) is 11.4 Å². The van der Waals surface area contributed by atoms with Crippen molar-refractivity contribution in [3.05, 3.63) is 53.6 Å². The van der Waals surface area contributed by atoms with Crippen LogP contribution in [-0.2, 0) is 9.47 Å². The van der Waals surface area contributed by atoms with Gasteiger partial charge in [0, 0.05) is 0 Å². The number of methoxy groups -OCH3 is 3. The Morgan fingerprint density at radius 2 is 1.48 bits per heavy atom. The van der Waals surface area contributed by atoms with Gasteiger partial charge < -0.3 is 19.5 Å². The predicted octanol–water partition coefficient (Wildman–Crippen LogP) is 3.01. The Morgan fingerprint density at radius 3 is 2.13 bits per heavy atom. The fourth-order valence-electron chi connectivity index (χ4n) is 2.15. The number of hydrogen-bond donors (Lipinski definition) is 1. The lowest BCUT2D eigenvalue weighted by Crippen LogP contribution is -2.14. The Balaban J connectivity index is 2.53. The number of esters is 2. The Hall–Kier alpha value is -3.02. The molecule has 0 spiro atoms. The second-order valence-electron chi connectivity index (χ2n) is 4.54. The summed E-state index contributed by atoms with van der Waals surface area (Å²) in [6.45, 7) is 0. The monoisotopic (exact) mass is 315 g/mol. The van der Waals surface area contributed by atoms with Gasteiger partial charge in [0.05, 0.1) is 43.8 Å². The maximum atomic E-state index is 12.1. The van der Waals surface area contributed by atoms with Crippen molar-refractivity contribution in [2.24, 2.45) is 0 Å². The fourth-order valence-corrected chi connectivity index (χ4v) is 2.15. The number of nitrogens with one attached hydrogen (secondary N) is 1. The lowest BCUT2D eigenvalue weighted by Gasteiger charge is -2.15. The second-order valence-corrected chi connectivity index (χ2v) is 4.54. The molecule has 1 N–H and O–H groups in total. The molecule has 0 fully saturated rings. The zero-order valence-corrected chi connectivity index (χ0v) is 13.1. The summed E-state index contributed by atoms with van der Waals surface area (Å²) in [7, 11) is 4.06. The quantitative estimate of drug-likeness (QED) is 0.855. The summed E-state index contributed by atoms with van der Waals surface area (Å²) in [6.07, 6.45) is 0. The van der Waals surface area contributed by atoms with Crippen molar-refractivity contribution < 1.29 is 23.8 Å². The summed E-state index contributed by atoms with van der Waals surface area (Å²) in [5.41, 5.74) is 1.30. The normalized spacial score (nSPS) is 9.87. The fraction of sp³-hybridized carbons (Fsp3) is 0.176. The molecule has 2 aromatic carbocycles. The van der Waals surface area contributed by atoms with Crippen LogP contribution < -0.4 is 10.1 Å². The molecule has 6 nitrogen and oxygen atoms in total. The highest BCUT2D eigenvalue weighted by Crippen LogP contribution is 2.30. The van der Waals surface area contributed by atoms with E-state index in [0.717, 1.165) is 0 Å². The summed E-state index contributed by atoms with van der Waals surface area (Å²) < 4.78 is 14.8. The third-order valence-electron chi connectivity index (χ3n) is 3.24. The Morgan fingerprint density at radius 1 is 0.826 bits per heavy atom. The summed E-state index contributed by atoms with van der Waals surface area (Å²) in [5.74, 6) is -0.649. The van der Waals surface area contributed by atoms with Gasteiger partial charge in [-0.25, -0.2) is 9.59 Å². The molecule has 0 unspecified atom stereocenters. The smallest absolute Gasteiger partial charge is 0.340 e. The van der Waals surface area contributed by atoms with E-state index in [-0.39, 0.29) is 11.1 Å². The molecule has 0 aliphatic carbocycles. The molecule has 6 heteroatoms. The summed E-state index contributed by atoms with van der Waals surface area (Å²) in [6, 6.07) is 12.1. The first-order valence-corrected chi connectivity index (χ1v) is 6.82. The molecule has 23 heavy (non-hydrogen) atoms. The number of benzene rings is 2. The molecular formula is C17H17NO5. The van der Waals surface area contributed by atoms with Crippen LogP contribution in [0.1, 0.15) is 20.7 Å². The molecule has 120 valence electrons. The molecule has 0 bridgehead atoms. The van der Waals surface area contributed by atoms with Gasteiger partial charge >= 0.3 is 11.9 Å². The van der Waals surface area contributed by atoms with Crippen molar-refractivity contribution in [1.82, 2.24) is 0 Å². The maximum Gasteiger partial charge on any atom is 0.340 e. The van der Waals surface area contributed by atoms with Gasteiger partial charge in [0.15, 0.2) is 0 Å². The number of para-hydroxylation sites is 2. The molecule has 0 aliphatic heterocycles. The van der Waals surface area contributed by atoms with Crippen molar-refractivity contribution in [3.8, 4) is 5.75 Å². The van der Waals surface area contributed by atoms with Gasteiger partial charge in [-0.05, 0) is 24.3 Å². The average molecular weight is 315 g/mol. The van der Waals surface area contributed by atoms with Crippen molar-refractivity contribution >= 4 is 23.3 Å². The number of rotatable bonds is 5. The molecule has 0 radical (unpaired) electrons. The lowest BCUT2D eigenvalue weighted by molar-refractivity contribution is 0.0556. The average Bonchev–Trinajstić information content (AvgIpc) is 2.60. The molecule has 2 aromatic rings. The van der Waals surface area contributed by atoms with Crippen LogP contribution in [0.3, 0.4) is 0 Å².